The van der Waals surface area contributed by atoms with Crippen molar-refractivity contribution >= 4 is 5.91 Å². The zero-order chi connectivity index (χ0) is 12.8. The Morgan fingerprint density at radius 1 is 1.50 bits per heavy atom. The number of nitrogens with one attached hydrogen (secondary N) is 2. The number of hydrogen-bond acceptors (Lipinski definition) is 3. The molecule has 2 rings (SSSR count). The predicted octanol–water partition coefficient (Wildman–Crippen LogP) is 1.24. The Bertz CT molecular complexity index is 375. The molecule has 1 fully saturated rings. The molecule has 1 amide bonds. The van der Waals surface area contributed by atoms with E-state index in [1.807, 2.05) is 37.3 Å². The lowest BCUT2D eigenvalue weighted by molar-refractivity contribution is -0.122. The molecule has 0 bridgehead atoms. The summed E-state index contributed by atoms with van der Waals surface area (Å²) in [5, 5.41) is 6.29. The molecule has 18 heavy (non-hydrogen) atoms. The number of rotatable bonds is 4. The Kier molecular flexibility index (Phi) is 4.73. The highest BCUT2D eigenvalue weighted by Gasteiger charge is 2.18. The van der Waals surface area contributed by atoms with Crippen LogP contribution in [0.15, 0.2) is 30.3 Å². The molecule has 0 radical (unpaired) electrons. The average molecular weight is 248 g/mol. The molecule has 2 unspecified atom stereocenters. The molecule has 1 heterocycles. The largest absolute Gasteiger partial charge is 0.378 e. The maximum Gasteiger partial charge on any atom is 0.222 e. The molecule has 0 spiro atoms. The van der Waals surface area contributed by atoms with E-state index in [-0.39, 0.29) is 18.0 Å². The van der Waals surface area contributed by atoms with Crippen molar-refractivity contribution in [3.05, 3.63) is 35.9 Å². The highest BCUT2D eigenvalue weighted by molar-refractivity contribution is 5.77. The van der Waals surface area contributed by atoms with Gasteiger partial charge in [0, 0.05) is 19.0 Å². The van der Waals surface area contributed by atoms with Gasteiger partial charge in [0.25, 0.3) is 0 Å². The summed E-state index contributed by atoms with van der Waals surface area (Å²) in [7, 11) is 0. The van der Waals surface area contributed by atoms with E-state index in [1.54, 1.807) is 0 Å². The number of benzene rings is 1. The van der Waals surface area contributed by atoms with Gasteiger partial charge in [0.2, 0.25) is 5.91 Å². The SMILES string of the molecule is CC(NC(=O)CC1COCCN1)c1ccccc1. The fourth-order valence-corrected chi connectivity index (χ4v) is 2.10. The monoisotopic (exact) mass is 248 g/mol. The van der Waals surface area contributed by atoms with Crippen LogP contribution in [0, 0.1) is 0 Å². The third-order valence-corrected chi connectivity index (χ3v) is 3.11. The van der Waals surface area contributed by atoms with Crippen molar-refractivity contribution in [2.24, 2.45) is 0 Å². The van der Waals surface area contributed by atoms with Gasteiger partial charge in [0.1, 0.15) is 0 Å². The first-order chi connectivity index (χ1) is 8.75. The summed E-state index contributed by atoms with van der Waals surface area (Å²) in [6.45, 7) is 4.18. The van der Waals surface area contributed by atoms with E-state index in [9.17, 15) is 4.79 Å². The van der Waals surface area contributed by atoms with Crippen LogP contribution in [0.1, 0.15) is 24.9 Å². The van der Waals surface area contributed by atoms with Crippen LogP contribution >= 0.6 is 0 Å². The smallest absolute Gasteiger partial charge is 0.222 e. The Labute approximate surface area is 108 Å². The maximum absolute atomic E-state index is 11.9. The highest BCUT2D eigenvalue weighted by Crippen LogP contribution is 2.11. The fourth-order valence-electron chi connectivity index (χ4n) is 2.10. The molecule has 4 heteroatoms. The molecule has 98 valence electrons. The minimum absolute atomic E-state index is 0.0446. The third kappa shape index (κ3) is 3.82. The van der Waals surface area contributed by atoms with Crippen LogP contribution < -0.4 is 10.6 Å². The minimum atomic E-state index is 0.0446. The summed E-state index contributed by atoms with van der Waals surface area (Å²) in [6.07, 6.45) is 0.469. The molecule has 1 saturated heterocycles. The van der Waals surface area contributed by atoms with Crippen LogP contribution in [0.4, 0.5) is 0 Å². The van der Waals surface area contributed by atoms with Crippen molar-refractivity contribution in [2.75, 3.05) is 19.8 Å². The van der Waals surface area contributed by atoms with E-state index >= 15 is 0 Å². The molecule has 1 aromatic carbocycles. The van der Waals surface area contributed by atoms with Gasteiger partial charge in [-0.05, 0) is 12.5 Å². The Hall–Kier alpha value is -1.39. The molecule has 4 nitrogen and oxygen atoms in total. The van der Waals surface area contributed by atoms with Crippen LogP contribution in [-0.2, 0) is 9.53 Å². The number of ether oxygens (including phenoxy) is 1. The lowest BCUT2D eigenvalue weighted by Gasteiger charge is -2.24. The van der Waals surface area contributed by atoms with Crippen molar-refractivity contribution in [3.8, 4) is 0 Å². The Balaban J connectivity index is 1.80. The van der Waals surface area contributed by atoms with Crippen LogP contribution in [0.25, 0.3) is 0 Å². The first kappa shape index (κ1) is 13.1. The quantitative estimate of drug-likeness (QED) is 0.843. The Morgan fingerprint density at radius 2 is 2.28 bits per heavy atom. The summed E-state index contributed by atoms with van der Waals surface area (Å²) in [4.78, 5) is 11.9. The van der Waals surface area contributed by atoms with Crippen molar-refractivity contribution in [1.29, 1.82) is 0 Å². The standard InChI is InChI=1S/C14H20N2O2/c1-11(12-5-3-2-4-6-12)16-14(17)9-13-10-18-8-7-15-13/h2-6,11,13,15H,7-10H2,1H3,(H,16,17). The number of morpholine rings is 1. The van der Waals surface area contributed by atoms with Crippen molar-refractivity contribution in [3.63, 3.8) is 0 Å². The minimum Gasteiger partial charge on any atom is -0.378 e. The van der Waals surface area contributed by atoms with Gasteiger partial charge in [-0.25, -0.2) is 0 Å². The molecular weight excluding hydrogens is 228 g/mol. The lowest BCUT2D eigenvalue weighted by Crippen LogP contribution is -2.44. The zero-order valence-corrected chi connectivity index (χ0v) is 10.7. The molecule has 1 aliphatic rings. The second kappa shape index (κ2) is 6.52. The fraction of sp³-hybridized carbons (Fsp3) is 0.500. The number of amides is 1. The van der Waals surface area contributed by atoms with E-state index in [1.165, 1.54) is 0 Å². The second-order valence-corrected chi connectivity index (χ2v) is 4.63. The van der Waals surface area contributed by atoms with Gasteiger partial charge in [-0.2, -0.15) is 0 Å². The molecule has 0 saturated carbocycles. The van der Waals surface area contributed by atoms with E-state index in [0.29, 0.717) is 13.0 Å². The second-order valence-electron chi connectivity index (χ2n) is 4.63. The molecular formula is C14H20N2O2. The van der Waals surface area contributed by atoms with Crippen LogP contribution in [0.5, 0.6) is 0 Å². The average Bonchev–Trinajstić information content (AvgIpc) is 2.40. The van der Waals surface area contributed by atoms with Crippen molar-refractivity contribution in [2.45, 2.75) is 25.4 Å². The molecule has 1 aliphatic heterocycles. The van der Waals surface area contributed by atoms with E-state index in [0.717, 1.165) is 18.7 Å². The van der Waals surface area contributed by atoms with Gasteiger partial charge in [-0.3, -0.25) is 4.79 Å². The van der Waals surface area contributed by atoms with E-state index in [2.05, 4.69) is 10.6 Å². The van der Waals surface area contributed by atoms with Gasteiger partial charge in [-0.1, -0.05) is 30.3 Å². The summed E-state index contributed by atoms with van der Waals surface area (Å²) < 4.78 is 5.33. The first-order valence-electron chi connectivity index (χ1n) is 6.41. The maximum atomic E-state index is 11.9. The number of carbonyl (C=O) groups is 1. The molecule has 2 atom stereocenters. The van der Waals surface area contributed by atoms with Gasteiger partial charge in [0.15, 0.2) is 0 Å². The van der Waals surface area contributed by atoms with Gasteiger partial charge in [-0.15, -0.1) is 0 Å². The molecule has 1 aromatic rings. The van der Waals surface area contributed by atoms with Crippen LogP contribution in [0.3, 0.4) is 0 Å². The summed E-state index contributed by atoms with van der Waals surface area (Å²) in [6, 6.07) is 10.2. The number of hydrogen-bond donors (Lipinski definition) is 2. The number of carbonyl (C=O) groups excluding carboxylic acids is 1. The van der Waals surface area contributed by atoms with E-state index < -0.39 is 0 Å². The summed E-state index contributed by atoms with van der Waals surface area (Å²) in [5.74, 6) is 0.0642. The highest BCUT2D eigenvalue weighted by atomic mass is 16.5. The first-order valence-corrected chi connectivity index (χ1v) is 6.41. The van der Waals surface area contributed by atoms with Gasteiger partial charge in [0.05, 0.1) is 19.3 Å². The topological polar surface area (TPSA) is 50.4 Å². The molecule has 2 N–H and O–H groups in total. The van der Waals surface area contributed by atoms with Crippen LogP contribution in [0.2, 0.25) is 0 Å². The van der Waals surface area contributed by atoms with Gasteiger partial charge < -0.3 is 15.4 Å². The predicted molar refractivity (Wildman–Crippen MR) is 70.2 cm³/mol. The lowest BCUT2D eigenvalue weighted by atomic mass is 10.1. The summed E-state index contributed by atoms with van der Waals surface area (Å²) in [5.41, 5.74) is 1.12. The van der Waals surface area contributed by atoms with Crippen LogP contribution in [-0.4, -0.2) is 31.7 Å². The van der Waals surface area contributed by atoms with Gasteiger partial charge >= 0.3 is 0 Å². The zero-order valence-electron chi connectivity index (χ0n) is 10.7. The molecule has 0 aliphatic carbocycles. The summed E-state index contributed by atoms with van der Waals surface area (Å²) >= 11 is 0. The third-order valence-electron chi connectivity index (χ3n) is 3.11. The molecule has 0 aromatic heterocycles. The van der Waals surface area contributed by atoms with E-state index in [4.69, 9.17) is 4.74 Å². The van der Waals surface area contributed by atoms with Crippen molar-refractivity contribution < 1.29 is 9.53 Å². The van der Waals surface area contributed by atoms with Crippen molar-refractivity contribution in [1.82, 2.24) is 10.6 Å². The normalized spacial score (nSPS) is 21.3. The Morgan fingerprint density at radius 3 is 2.94 bits per heavy atom.